The Balaban J connectivity index is 0.00000176. The second-order valence-electron chi connectivity index (χ2n) is 6.15. The van der Waals surface area contributed by atoms with Gasteiger partial charge in [0.25, 0.3) is 5.91 Å². The van der Waals surface area contributed by atoms with Gasteiger partial charge in [-0.25, -0.2) is 0 Å². The first-order valence-electron chi connectivity index (χ1n) is 7.96. The van der Waals surface area contributed by atoms with E-state index < -0.39 is 0 Å². The summed E-state index contributed by atoms with van der Waals surface area (Å²) in [5, 5.41) is 3.46. The third kappa shape index (κ3) is 3.39. The molecule has 2 heterocycles. The van der Waals surface area contributed by atoms with Gasteiger partial charge >= 0.3 is 0 Å². The number of amides is 1. The molecule has 2 aliphatic heterocycles. The highest BCUT2D eigenvalue weighted by molar-refractivity contribution is 5.97. The molecule has 0 radical (unpaired) electrons. The predicted molar refractivity (Wildman–Crippen MR) is 89.9 cm³/mol. The van der Waals surface area contributed by atoms with Crippen LogP contribution in [0.25, 0.3) is 0 Å². The van der Waals surface area contributed by atoms with Gasteiger partial charge in [-0.15, -0.1) is 12.4 Å². The molecule has 2 fully saturated rings. The van der Waals surface area contributed by atoms with Gasteiger partial charge in [0.15, 0.2) is 0 Å². The number of para-hydroxylation sites is 1. The molecule has 5 heteroatoms. The molecular weight excluding hydrogens is 300 g/mol. The molecule has 1 N–H and O–H groups in total. The highest BCUT2D eigenvalue weighted by Gasteiger charge is 2.38. The molecule has 2 saturated heterocycles. The van der Waals surface area contributed by atoms with Crippen LogP contribution < -0.4 is 10.1 Å². The fourth-order valence-corrected chi connectivity index (χ4v) is 3.50. The summed E-state index contributed by atoms with van der Waals surface area (Å²) in [7, 11) is 0. The maximum Gasteiger partial charge on any atom is 0.257 e. The van der Waals surface area contributed by atoms with Crippen LogP contribution in [0.15, 0.2) is 24.3 Å². The first-order valence-corrected chi connectivity index (χ1v) is 7.96. The number of rotatable bonds is 3. The number of nitrogens with zero attached hydrogens (tertiary/aromatic N) is 1. The number of carbonyl (C=O) groups excluding carboxylic acids is 1. The van der Waals surface area contributed by atoms with Crippen molar-refractivity contribution >= 4 is 18.3 Å². The van der Waals surface area contributed by atoms with Crippen molar-refractivity contribution in [3.63, 3.8) is 0 Å². The largest absolute Gasteiger partial charge is 0.493 e. The molecule has 1 amide bonds. The molecule has 2 aliphatic rings. The Morgan fingerprint density at radius 1 is 1.27 bits per heavy atom. The van der Waals surface area contributed by atoms with Crippen LogP contribution in [0.1, 0.15) is 36.5 Å². The summed E-state index contributed by atoms with van der Waals surface area (Å²) < 4.78 is 5.58. The number of nitrogens with one attached hydrogen (secondary N) is 1. The van der Waals surface area contributed by atoms with Gasteiger partial charge in [-0.1, -0.05) is 12.1 Å². The summed E-state index contributed by atoms with van der Waals surface area (Å²) in [6, 6.07) is 7.57. The van der Waals surface area contributed by atoms with Gasteiger partial charge in [-0.3, -0.25) is 4.79 Å². The van der Waals surface area contributed by atoms with Crippen molar-refractivity contribution < 1.29 is 9.53 Å². The Morgan fingerprint density at radius 3 is 2.64 bits per heavy atom. The number of ether oxygens (including phenoxy) is 1. The Bertz CT molecular complexity index is 505. The molecule has 122 valence electrons. The van der Waals surface area contributed by atoms with E-state index in [1.165, 1.54) is 6.42 Å². The lowest BCUT2D eigenvalue weighted by atomic mass is 9.78. The Kier molecular flexibility index (Phi) is 5.70. The fraction of sp³-hybridized carbons (Fsp3) is 0.588. The van der Waals surface area contributed by atoms with Crippen molar-refractivity contribution in [3.8, 4) is 5.75 Å². The zero-order valence-corrected chi connectivity index (χ0v) is 14.0. The molecule has 0 atom stereocenters. The zero-order chi connectivity index (χ0) is 14.7. The number of piperidine rings is 1. The van der Waals surface area contributed by atoms with Gasteiger partial charge in [0, 0.05) is 19.6 Å². The molecule has 0 bridgehead atoms. The molecule has 4 nitrogen and oxygen atoms in total. The maximum absolute atomic E-state index is 12.7. The van der Waals surface area contributed by atoms with E-state index in [9.17, 15) is 4.79 Å². The number of benzene rings is 1. The molecular formula is C17H25ClN2O2. The third-order valence-electron chi connectivity index (χ3n) is 4.86. The average molecular weight is 325 g/mol. The van der Waals surface area contributed by atoms with E-state index in [2.05, 4.69) is 5.32 Å². The zero-order valence-electron chi connectivity index (χ0n) is 13.1. The van der Waals surface area contributed by atoms with Crippen molar-refractivity contribution in [1.82, 2.24) is 10.2 Å². The maximum atomic E-state index is 12.7. The molecule has 22 heavy (non-hydrogen) atoms. The van der Waals surface area contributed by atoms with Crippen LogP contribution in [-0.2, 0) is 0 Å². The molecule has 3 rings (SSSR count). The Morgan fingerprint density at radius 2 is 2.00 bits per heavy atom. The molecule has 1 aromatic carbocycles. The van der Waals surface area contributed by atoms with Crippen LogP contribution in [0.3, 0.4) is 0 Å². The summed E-state index contributed by atoms with van der Waals surface area (Å²) in [6.45, 7) is 6.49. The van der Waals surface area contributed by atoms with E-state index in [4.69, 9.17) is 4.74 Å². The van der Waals surface area contributed by atoms with Crippen LogP contribution >= 0.6 is 12.4 Å². The highest BCUT2D eigenvalue weighted by atomic mass is 35.5. The smallest absolute Gasteiger partial charge is 0.257 e. The van der Waals surface area contributed by atoms with Gasteiger partial charge < -0.3 is 15.0 Å². The second-order valence-corrected chi connectivity index (χ2v) is 6.15. The lowest BCUT2D eigenvalue weighted by molar-refractivity contribution is 0.0604. The van der Waals surface area contributed by atoms with Crippen molar-refractivity contribution in [2.45, 2.75) is 26.2 Å². The van der Waals surface area contributed by atoms with E-state index >= 15 is 0 Å². The molecule has 0 aromatic heterocycles. The number of likely N-dealkylation sites (tertiary alicyclic amines) is 1. The molecule has 1 aromatic rings. The molecule has 0 unspecified atom stereocenters. The lowest BCUT2D eigenvalue weighted by Gasteiger charge is -2.39. The Hall–Kier alpha value is -1.26. The van der Waals surface area contributed by atoms with Crippen LogP contribution in [0.4, 0.5) is 0 Å². The van der Waals surface area contributed by atoms with E-state index in [1.54, 1.807) is 0 Å². The number of hydrogen-bond acceptors (Lipinski definition) is 3. The summed E-state index contributed by atoms with van der Waals surface area (Å²) in [4.78, 5) is 14.7. The topological polar surface area (TPSA) is 41.6 Å². The van der Waals surface area contributed by atoms with Gasteiger partial charge in [-0.05, 0) is 50.3 Å². The van der Waals surface area contributed by atoms with E-state index in [1.807, 2.05) is 36.1 Å². The minimum Gasteiger partial charge on any atom is -0.493 e. The first-order chi connectivity index (χ1) is 10.2. The van der Waals surface area contributed by atoms with Gasteiger partial charge in [0.1, 0.15) is 5.75 Å². The molecule has 1 spiro atoms. The van der Waals surface area contributed by atoms with Crippen molar-refractivity contribution in [3.05, 3.63) is 29.8 Å². The summed E-state index contributed by atoms with van der Waals surface area (Å²) in [5.41, 5.74) is 1.13. The summed E-state index contributed by atoms with van der Waals surface area (Å²) in [6.07, 6.45) is 3.48. The third-order valence-corrected chi connectivity index (χ3v) is 4.86. The fourth-order valence-electron chi connectivity index (χ4n) is 3.50. The lowest BCUT2D eigenvalue weighted by Crippen LogP contribution is -2.44. The summed E-state index contributed by atoms with van der Waals surface area (Å²) >= 11 is 0. The van der Waals surface area contributed by atoms with Crippen LogP contribution in [0.2, 0.25) is 0 Å². The van der Waals surface area contributed by atoms with Crippen molar-refractivity contribution in [2.75, 3.05) is 32.8 Å². The SMILES string of the molecule is CCOc1ccccc1C(=O)N1CCC2(CCNC2)CC1.Cl. The Labute approximate surface area is 138 Å². The van der Waals surface area contributed by atoms with Crippen LogP contribution in [0, 0.1) is 5.41 Å². The monoisotopic (exact) mass is 324 g/mol. The summed E-state index contributed by atoms with van der Waals surface area (Å²) in [5.74, 6) is 0.813. The molecule has 0 saturated carbocycles. The minimum atomic E-state index is 0. The van der Waals surface area contributed by atoms with Gasteiger partial charge in [-0.2, -0.15) is 0 Å². The first kappa shape index (κ1) is 17.1. The van der Waals surface area contributed by atoms with E-state index in [0.29, 0.717) is 23.3 Å². The normalized spacial score (nSPS) is 19.8. The van der Waals surface area contributed by atoms with Crippen molar-refractivity contribution in [1.29, 1.82) is 0 Å². The minimum absolute atomic E-state index is 0. The highest BCUT2D eigenvalue weighted by Crippen LogP contribution is 2.37. The van der Waals surface area contributed by atoms with Crippen LogP contribution in [-0.4, -0.2) is 43.6 Å². The van der Waals surface area contributed by atoms with Crippen LogP contribution in [0.5, 0.6) is 5.75 Å². The second kappa shape index (κ2) is 7.34. The number of carbonyl (C=O) groups is 1. The van der Waals surface area contributed by atoms with E-state index in [-0.39, 0.29) is 18.3 Å². The van der Waals surface area contributed by atoms with Gasteiger partial charge in [0.05, 0.1) is 12.2 Å². The quantitative estimate of drug-likeness (QED) is 0.929. The predicted octanol–water partition coefficient (Wildman–Crippen LogP) is 2.72. The average Bonchev–Trinajstić information content (AvgIpc) is 2.97. The number of hydrogen-bond donors (Lipinski definition) is 1. The van der Waals surface area contributed by atoms with E-state index in [0.717, 1.165) is 39.0 Å². The van der Waals surface area contributed by atoms with Gasteiger partial charge in [0.2, 0.25) is 0 Å². The van der Waals surface area contributed by atoms with Crippen molar-refractivity contribution in [2.24, 2.45) is 5.41 Å². The number of halogens is 1. The molecule has 0 aliphatic carbocycles. The standard InChI is InChI=1S/C17H24N2O2.ClH/c1-2-21-15-6-4-3-5-14(15)16(20)19-11-8-17(9-12-19)7-10-18-13-17;/h3-6,18H,2,7-13H2,1H3;1H.